The van der Waals surface area contributed by atoms with Gasteiger partial charge < -0.3 is 10.5 Å². The SMILES string of the molecule is COC(=O)c1cc(CNS(=O)(=O)c2ccc(C)cc2)cc(-c2cccc(C(=N)N)c2)c1. The van der Waals surface area contributed by atoms with Crippen molar-refractivity contribution in [1.29, 1.82) is 5.41 Å². The van der Waals surface area contributed by atoms with E-state index < -0.39 is 16.0 Å². The maximum atomic E-state index is 12.6. The molecule has 31 heavy (non-hydrogen) atoms. The van der Waals surface area contributed by atoms with E-state index in [4.69, 9.17) is 15.9 Å². The number of hydrogen-bond acceptors (Lipinski definition) is 5. The molecule has 0 atom stereocenters. The fraction of sp³-hybridized carbons (Fsp3) is 0.130. The maximum absolute atomic E-state index is 12.6. The fourth-order valence-electron chi connectivity index (χ4n) is 3.04. The van der Waals surface area contributed by atoms with Crippen molar-refractivity contribution in [2.24, 2.45) is 5.73 Å². The zero-order chi connectivity index (χ0) is 22.6. The number of benzene rings is 3. The first-order valence-electron chi connectivity index (χ1n) is 9.43. The molecule has 7 nitrogen and oxygen atoms in total. The number of methoxy groups -OCH3 is 1. The molecule has 0 spiro atoms. The van der Waals surface area contributed by atoms with E-state index in [9.17, 15) is 13.2 Å². The third-order valence-corrected chi connectivity index (χ3v) is 6.14. The van der Waals surface area contributed by atoms with Gasteiger partial charge >= 0.3 is 5.97 Å². The largest absolute Gasteiger partial charge is 0.465 e. The summed E-state index contributed by atoms with van der Waals surface area (Å²) in [6.07, 6.45) is 0. The molecule has 0 saturated heterocycles. The molecule has 3 rings (SSSR count). The Kier molecular flexibility index (Phi) is 6.53. The van der Waals surface area contributed by atoms with E-state index in [0.717, 1.165) is 11.1 Å². The smallest absolute Gasteiger partial charge is 0.337 e. The molecule has 0 amide bonds. The highest BCUT2D eigenvalue weighted by atomic mass is 32.2. The zero-order valence-electron chi connectivity index (χ0n) is 17.2. The molecule has 0 aliphatic heterocycles. The normalized spacial score (nSPS) is 11.2. The van der Waals surface area contributed by atoms with Gasteiger partial charge in [0.1, 0.15) is 5.84 Å². The minimum Gasteiger partial charge on any atom is -0.465 e. The number of nitrogens with one attached hydrogen (secondary N) is 2. The first-order chi connectivity index (χ1) is 14.7. The topological polar surface area (TPSA) is 122 Å². The Morgan fingerprint density at radius 3 is 2.32 bits per heavy atom. The predicted molar refractivity (Wildman–Crippen MR) is 119 cm³/mol. The molecule has 0 aliphatic carbocycles. The van der Waals surface area contributed by atoms with Crippen LogP contribution in [-0.4, -0.2) is 27.3 Å². The molecule has 0 unspecified atom stereocenters. The molecular weight excluding hydrogens is 414 g/mol. The van der Waals surface area contributed by atoms with Crippen LogP contribution in [0.1, 0.15) is 27.0 Å². The van der Waals surface area contributed by atoms with E-state index in [0.29, 0.717) is 16.7 Å². The van der Waals surface area contributed by atoms with E-state index in [-0.39, 0.29) is 22.8 Å². The second-order valence-electron chi connectivity index (χ2n) is 7.04. The van der Waals surface area contributed by atoms with Gasteiger partial charge in [0, 0.05) is 12.1 Å². The van der Waals surface area contributed by atoms with Crippen LogP contribution in [-0.2, 0) is 21.3 Å². The zero-order valence-corrected chi connectivity index (χ0v) is 18.0. The summed E-state index contributed by atoms with van der Waals surface area (Å²) in [5.41, 5.74) is 9.38. The molecule has 0 radical (unpaired) electrons. The Labute approximate surface area is 181 Å². The van der Waals surface area contributed by atoms with E-state index in [1.165, 1.54) is 7.11 Å². The van der Waals surface area contributed by atoms with Gasteiger partial charge in [0.25, 0.3) is 0 Å². The Morgan fingerprint density at radius 1 is 1.00 bits per heavy atom. The molecular formula is C23H23N3O4S. The third-order valence-electron chi connectivity index (χ3n) is 4.72. The van der Waals surface area contributed by atoms with Crippen molar-refractivity contribution >= 4 is 21.8 Å². The van der Waals surface area contributed by atoms with Crippen molar-refractivity contribution in [3.05, 3.63) is 89.0 Å². The summed E-state index contributed by atoms with van der Waals surface area (Å²) >= 11 is 0. The number of nitrogen functional groups attached to an aromatic ring is 1. The quantitative estimate of drug-likeness (QED) is 0.298. The minimum absolute atomic E-state index is 0.0134. The predicted octanol–water partition coefficient (Wildman–Crippen LogP) is 3.21. The van der Waals surface area contributed by atoms with Crippen LogP contribution in [0.25, 0.3) is 11.1 Å². The number of ether oxygens (including phenoxy) is 1. The number of esters is 1. The highest BCUT2D eigenvalue weighted by Gasteiger charge is 2.15. The first-order valence-corrected chi connectivity index (χ1v) is 10.9. The molecule has 0 heterocycles. The molecule has 0 bridgehead atoms. The second kappa shape index (κ2) is 9.11. The lowest BCUT2D eigenvalue weighted by molar-refractivity contribution is 0.0600. The van der Waals surface area contributed by atoms with E-state index in [1.807, 2.05) is 13.0 Å². The summed E-state index contributed by atoms with van der Waals surface area (Å²) in [5, 5.41) is 7.63. The van der Waals surface area contributed by atoms with Gasteiger partial charge in [-0.15, -0.1) is 0 Å². The molecule has 8 heteroatoms. The first kappa shape index (κ1) is 22.2. The molecule has 0 saturated carbocycles. The summed E-state index contributed by atoms with van der Waals surface area (Å²) in [4.78, 5) is 12.3. The summed E-state index contributed by atoms with van der Waals surface area (Å²) in [6.45, 7) is 1.87. The van der Waals surface area contributed by atoms with Crippen LogP contribution in [0.15, 0.2) is 71.6 Å². The summed E-state index contributed by atoms with van der Waals surface area (Å²) in [7, 11) is -2.44. The molecule has 3 aromatic carbocycles. The molecule has 0 fully saturated rings. The van der Waals surface area contributed by atoms with Crippen LogP contribution in [0.3, 0.4) is 0 Å². The van der Waals surface area contributed by atoms with Crippen LogP contribution < -0.4 is 10.5 Å². The second-order valence-corrected chi connectivity index (χ2v) is 8.81. The fourth-order valence-corrected chi connectivity index (χ4v) is 4.06. The molecule has 0 aromatic heterocycles. The van der Waals surface area contributed by atoms with Gasteiger partial charge in [-0.1, -0.05) is 35.9 Å². The average molecular weight is 438 g/mol. The molecule has 3 aromatic rings. The van der Waals surface area contributed by atoms with Gasteiger partial charge in [-0.25, -0.2) is 17.9 Å². The lowest BCUT2D eigenvalue weighted by Gasteiger charge is -2.12. The van der Waals surface area contributed by atoms with E-state index >= 15 is 0 Å². The monoisotopic (exact) mass is 437 g/mol. The van der Waals surface area contributed by atoms with Gasteiger partial charge in [-0.05, 0) is 60.0 Å². The number of rotatable bonds is 7. The summed E-state index contributed by atoms with van der Waals surface area (Å²) in [6, 6.07) is 18.6. The van der Waals surface area contributed by atoms with Gasteiger partial charge in [-0.3, -0.25) is 5.41 Å². The number of carbonyl (C=O) groups excluding carboxylic acids is 1. The molecule has 4 N–H and O–H groups in total. The Bertz CT molecular complexity index is 1240. The molecule has 0 aliphatic rings. The number of aryl methyl sites for hydroxylation is 1. The van der Waals surface area contributed by atoms with Crippen LogP contribution >= 0.6 is 0 Å². The van der Waals surface area contributed by atoms with Crippen molar-refractivity contribution in [3.63, 3.8) is 0 Å². The Hall–Kier alpha value is -3.49. The standard InChI is InChI=1S/C23H23N3O4S/c1-15-6-8-21(9-7-15)31(28,29)26-14-16-10-19(13-20(11-16)23(27)30-2)17-4-3-5-18(12-17)22(24)25/h3-13,26H,14H2,1-2H3,(H3,24,25). The van der Waals surface area contributed by atoms with Crippen molar-refractivity contribution in [3.8, 4) is 11.1 Å². The summed E-state index contributed by atoms with van der Waals surface area (Å²) < 4.78 is 32.7. The van der Waals surface area contributed by atoms with E-state index in [1.54, 1.807) is 60.7 Å². The van der Waals surface area contributed by atoms with Crippen LogP contribution in [0.2, 0.25) is 0 Å². The average Bonchev–Trinajstić information content (AvgIpc) is 2.77. The Balaban J connectivity index is 1.95. The third kappa shape index (κ3) is 5.36. The van der Waals surface area contributed by atoms with Gasteiger partial charge in [0.05, 0.1) is 17.6 Å². The van der Waals surface area contributed by atoms with Gasteiger partial charge in [-0.2, -0.15) is 0 Å². The van der Waals surface area contributed by atoms with Crippen LogP contribution in [0, 0.1) is 12.3 Å². The summed E-state index contributed by atoms with van der Waals surface area (Å²) in [5.74, 6) is -0.607. The van der Waals surface area contributed by atoms with Crippen molar-refractivity contribution in [2.75, 3.05) is 7.11 Å². The number of sulfonamides is 1. The van der Waals surface area contributed by atoms with Crippen LogP contribution in [0.5, 0.6) is 0 Å². The number of carbonyl (C=O) groups is 1. The minimum atomic E-state index is -3.72. The van der Waals surface area contributed by atoms with Gasteiger partial charge in [0.2, 0.25) is 10.0 Å². The van der Waals surface area contributed by atoms with Crippen molar-refractivity contribution < 1.29 is 17.9 Å². The number of amidine groups is 1. The number of hydrogen-bond donors (Lipinski definition) is 3. The van der Waals surface area contributed by atoms with Gasteiger partial charge in [0.15, 0.2) is 0 Å². The lowest BCUT2D eigenvalue weighted by atomic mass is 9.98. The van der Waals surface area contributed by atoms with Crippen LogP contribution in [0.4, 0.5) is 0 Å². The van der Waals surface area contributed by atoms with Crippen molar-refractivity contribution in [1.82, 2.24) is 4.72 Å². The highest BCUT2D eigenvalue weighted by Crippen LogP contribution is 2.24. The lowest BCUT2D eigenvalue weighted by Crippen LogP contribution is -2.23. The highest BCUT2D eigenvalue weighted by molar-refractivity contribution is 7.89. The Morgan fingerprint density at radius 2 is 1.68 bits per heavy atom. The number of nitrogens with two attached hydrogens (primary N) is 1. The van der Waals surface area contributed by atoms with Crippen molar-refractivity contribution in [2.45, 2.75) is 18.4 Å². The molecule has 160 valence electrons. The maximum Gasteiger partial charge on any atom is 0.337 e. The van der Waals surface area contributed by atoms with E-state index in [2.05, 4.69) is 4.72 Å².